The van der Waals surface area contributed by atoms with E-state index in [0.29, 0.717) is 23.2 Å². The van der Waals surface area contributed by atoms with Crippen LogP contribution in [0.1, 0.15) is 39.5 Å². The van der Waals surface area contributed by atoms with Crippen LogP contribution in [-0.4, -0.2) is 21.1 Å². The van der Waals surface area contributed by atoms with Crippen molar-refractivity contribution < 1.29 is 13.2 Å². The fourth-order valence-corrected chi connectivity index (χ4v) is 3.61. The largest absolute Gasteiger partial charge is 0.493 e. The molecule has 1 aromatic rings. The summed E-state index contributed by atoms with van der Waals surface area (Å²) in [5, 5.41) is 0. The predicted octanol–water partition coefficient (Wildman–Crippen LogP) is 2.94. The molecule has 20 heavy (non-hydrogen) atoms. The molecule has 0 radical (unpaired) electrons. The average Bonchev–Trinajstić information content (AvgIpc) is 2.89. The van der Waals surface area contributed by atoms with Crippen molar-refractivity contribution in [2.75, 3.05) is 6.61 Å². The molecule has 5 heteroatoms. The number of rotatable bonds is 6. The number of nitrogens with one attached hydrogen (secondary N) is 1. The Bertz CT molecular complexity index is 517. The Labute approximate surface area is 121 Å². The van der Waals surface area contributed by atoms with Gasteiger partial charge in [-0.3, -0.25) is 0 Å². The van der Waals surface area contributed by atoms with E-state index in [9.17, 15) is 8.42 Å². The Kier molecular flexibility index (Phi) is 5.05. The lowest BCUT2D eigenvalue weighted by atomic mass is 10.2. The van der Waals surface area contributed by atoms with Crippen LogP contribution >= 0.6 is 0 Å². The molecule has 0 heterocycles. The lowest BCUT2D eigenvalue weighted by Gasteiger charge is -2.13. The molecule has 4 nitrogen and oxygen atoms in total. The van der Waals surface area contributed by atoms with E-state index in [-0.39, 0.29) is 6.04 Å². The number of hydrogen-bond donors (Lipinski definition) is 1. The van der Waals surface area contributed by atoms with E-state index >= 15 is 0 Å². The van der Waals surface area contributed by atoms with Gasteiger partial charge in [-0.25, -0.2) is 13.1 Å². The fraction of sp³-hybridized carbons (Fsp3) is 0.600. The summed E-state index contributed by atoms with van der Waals surface area (Å²) in [7, 11) is -3.40. The highest BCUT2D eigenvalue weighted by Gasteiger charge is 2.22. The van der Waals surface area contributed by atoms with E-state index in [1.54, 1.807) is 24.3 Å². The summed E-state index contributed by atoms with van der Waals surface area (Å²) in [5.74, 6) is 1.15. The first kappa shape index (κ1) is 15.3. The van der Waals surface area contributed by atoms with E-state index in [2.05, 4.69) is 18.6 Å². The zero-order chi connectivity index (χ0) is 14.6. The molecule has 0 spiro atoms. The standard InChI is InChI=1S/C15H23NO3S/c1-12(2)11-19-14-7-9-15(10-8-14)20(17,18)16-13-5-3-4-6-13/h7-10,12-13,16H,3-6,11H2,1-2H3. The molecule has 1 aliphatic carbocycles. The first-order chi connectivity index (χ1) is 9.47. The Balaban J connectivity index is 2.00. The third kappa shape index (κ3) is 4.21. The van der Waals surface area contributed by atoms with Crippen LogP contribution in [0.3, 0.4) is 0 Å². The molecule has 1 saturated carbocycles. The SMILES string of the molecule is CC(C)COc1ccc(S(=O)(=O)NC2CCCC2)cc1. The van der Waals surface area contributed by atoms with Crippen molar-refractivity contribution in [3.63, 3.8) is 0 Å². The molecule has 1 fully saturated rings. The number of ether oxygens (including phenoxy) is 1. The van der Waals surface area contributed by atoms with Crippen LogP contribution in [0, 0.1) is 5.92 Å². The summed E-state index contributed by atoms with van der Waals surface area (Å²) < 4.78 is 32.8. The minimum Gasteiger partial charge on any atom is -0.493 e. The van der Waals surface area contributed by atoms with Crippen LogP contribution in [-0.2, 0) is 10.0 Å². The Hall–Kier alpha value is -1.07. The van der Waals surface area contributed by atoms with Gasteiger partial charge in [-0.05, 0) is 43.0 Å². The van der Waals surface area contributed by atoms with Crippen molar-refractivity contribution in [2.24, 2.45) is 5.92 Å². The van der Waals surface area contributed by atoms with Gasteiger partial charge in [0.25, 0.3) is 0 Å². The zero-order valence-electron chi connectivity index (χ0n) is 12.1. The van der Waals surface area contributed by atoms with Crippen LogP contribution in [0.2, 0.25) is 0 Å². The highest BCUT2D eigenvalue weighted by molar-refractivity contribution is 7.89. The summed E-state index contributed by atoms with van der Waals surface area (Å²) >= 11 is 0. The van der Waals surface area contributed by atoms with Crippen LogP contribution < -0.4 is 9.46 Å². The third-order valence-electron chi connectivity index (χ3n) is 3.39. The van der Waals surface area contributed by atoms with E-state index in [0.717, 1.165) is 25.7 Å². The average molecular weight is 297 g/mol. The summed E-state index contributed by atoms with van der Waals surface area (Å²) in [6.07, 6.45) is 4.09. The second-order valence-electron chi connectivity index (χ2n) is 5.78. The molecule has 0 bridgehead atoms. The van der Waals surface area contributed by atoms with Crippen molar-refractivity contribution in [1.82, 2.24) is 4.72 Å². The van der Waals surface area contributed by atoms with E-state index < -0.39 is 10.0 Å². The maximum absolute atomic E-state index is 12.2. The van der Waals surface area contributed by atoms with Gasteiger partial charge < -0.3 is 4.74 Å². The van der Waals surface area contributed by atoms with E-state index in [1.165, 1.54) is 0 Å². The van der Waals surface area contributed by atoms with Gasteiger partial charge in [-0.15, -0.1) is 0 Å². The molecule has 0 atom stereocenters. The van der Waals surface area contributed by atoms with Crippen molar-refractivity contribution in [2.45, 2.75) is 50.5 Å². The molecule has 1 N–H and O–H groups in total. The van der Waals surface area contributed by atoms with Gasteiger partial charge in [-0.2, -0.15) is 0 Å². The molecule has 0 aromatic heterocycles. The third-order valence-corrected chi connectivity index (χ3v) is 4.93. The molecule has 1 aromatic carbocycles. The molecular formula is C15H23NO3S. The van der Waals surface area contributed by atoms with Crippen molar-refractivity contribution in [3.05, 3.63) is 24.3 Å². The Morgan fingerprint density at radius 1 is 1.20 bits per heavy atom. The maximum atomic E-state index is 12.2. The second-order valence-corrected chi connectivity index (χ2v) is 7.49. The van der Waals surface area contributed by atoms with Gasteiger partial charge in [0.1, 0.15) is 5.75 Å². The van der Waals surface area contributed by atoms with Gasteiger partial charge >= 0.3 is 0 Å². The summed E-state index contributed by atoms with van der Waals surface area (Å²) in [6, 6.07) is 6.73. The lowest BCUT2D eigenvalue weighted by Crippen LogP contribution is -2.32. The first-order valence-corrected chi connectivity index (χ1v) is 8.71. The highest BCUT2D eigenvalue weighted by Crippen LogP contribution is 2.21. The quantitative estimate of drug-likeness (QED) is 0.878. The zero-order valence-corrected chi connectivity index (χ0v) is 12.9. The van der Waals surface area contributed by atoms with Gasteiger partial charge in [0.15, 0.2) is 0 Å². The molecular weight excluding hydrogens is 274 g/mol. The van der Waals surface area contributed by atoms with Gasteiger partial charge in [-0.1, -0.05) is 26.7 Å². The monoisotopic (exact) mass is 297 g/mol. The predicted molar refractivity (Wildman–Crippen MR) is 79.4 cm³/mol. The molecule has 0 amide bonds. The molecule has 0 unspecified atom stereocenters. The molecule has 0 saturated heterocycles. The molecule has 0 aliphatic heterocycles. The van der Waals surface area contributed by atoms with Crippen LogP contribution in [0.4, 0.5) is 0 Å². The van der Waals surface area contributed by atoms with Gasteiger partial charge in [0.2, 0.25) is 10.0 Å². The van der Waals surface area contributed by atoms with Crippen LogP contribution in [0.5, 0.6) is 5.75 Å². The minimum absolute atomic E-state index is 0.0943. The normalized spacial score (nSPS) is 16.8. The second kappa shape index (κ2) is 6.59. The summed E-state index contributed by atoms with van der Waals surface area (Å²) in [5.41, 5.74) is 0. The van der Waals surface area contributed by atoms with E-state index in [4.69, 9.17) is 4.74 Å². The smallest absolute Gasteiger partial charge is 0.240 e. The van der Waals surface area contributed by atoms with Gasteiger partial charge in [0.05, 0.1) is 11.5 Å². The van der Waals surface area contributed by atoms with Crippen molar-refractivity contribution in [1.29, 1.82) is 0 Å². The summed E-state index contributed by atoms with van der Waals surface area (Å²) in [4.78, 5) is 0.307. The Morgan fingerprint density at radius 3 is 2.35 bits per heavy atom. The van der Waals surface area contributed by atoms with Crippen LogP contribution in [0.15, 0.2) is 29.2 Å². The Morgan fingerprint density at radius 2 is 1.80 bits per heavy atom. The molecule has 1 aliphatic rings. The van der Waals surface area contributed by atoms with Crippen molar-refractivity contribution >= 4 is 10.0 Å². The first-order valence-electron chi connectivity index (χ1n) is 7.22. The maximum Gasteiger partial charge on any atom is 0.240 e. The van der Waals surface area contributed by atoms with E-state index in [1.807, 2.05) is 0 Å². The molecule has 112 valence electrons. The number of sulfonamides is 1. The minimum atomic E-state index is -3.40. The van der Waals surface area contributed by atoms with Crippen LogP contribution in [0.25, 0.3) is 0 Å². The number of benzene rings is 1. The highest BCUT2D eigenvalue weighted by atomic mass is 32.2. The topological polar surface area (TPSA) is 55.4 Å². The number of hydrogen-bond acceptors (Lipinski definition) is 3. The lowest BCUT2D eigenvalue weighted by molar-refractivity contribution is 0.271. The van der Waals surface area contributed by atoms with Gasteiger partial charge in [0, 0.05) is 6.04 Å². The molecule has 2 rings (SSSR count). The summed E-state index contributed by atoms with van der Waals surface area (Å²) in [6.45, 7) is 4.78. The fourth-order valence-electron chi connectivity index (χ4n) is 2.31. The van der Waals surface area contributed by atoms with Crippen molar-refractivity contribution in [3.8, 4) is 5.75 Å².